The third kappa shape index (κ3) is 25.5. The Hall–Kier alpha value is -1.63. The number of ether oxygens (including phenoxy) is 3. The number of carbonyl (C=O) groups is 3. The summed E-state index contributed by atoms with van der Waals surface area (Å²) in [4.78, 5) is 39.8. The Labute approximate surface area is 284 Å². The molecule has 0 aliphatic carbocycles. The number of unbranched alkanes of at least 4 members (excludes halogenated alkanes) is 10. The van der Waals surface area contributed by atoms with E-state index < -0.39 is 0 Å². The second kappa shape index (κ2) is 31.9. The summed E-state index contributed by atoms with van der Waals surface area (Å²) in [6.45, 7) is 13.4. The second-order valence-corrected chi connectivity index (χ2v) is 13.5. The van der Waals surface area contributed by atoms with Crippen molar-refractivity contribution in [2.75, 3.05) is 33.4 Å². The quantitative estimate of drug-likeness (QED) is 0.0396. The normalized spacial score (nSPS) is 11.6. The van der Waals surface area contributed by atoms with Crippen molar-refractivity contribution < 1.29 is 28.6 Å². The number of esters is 3. The highest BCUT2D eigenvalue weighted by molar-refractivity contribution is 5.72. The molecule has 0 bridgehead atoms. The van der Waals surface area contributed by atoms with Crippen LogP contribution in [0.3, 0.4) is 0 Å². The lowest BCUT2D eigenvalue weighted by Crippen LogP contribution is -2.25. The average Bonchev–Trinajstić information content (AvgIpc) is 3.05. The minimum atomic E-state index is -0.106. The van der Waals surface area contributed by atoms with E-state index in [1.807, 2.05) is 7.05 Å². The van der Waals surface area contributed by atoms with Crippen LogP contribution in [-0.2, 0) is 28.6 Å². The number of hydrogen-bond acceptors (Lipinski definition) is 7. The molecule has 0 fully saturated rings. The second-order valence-electron chi connectivity index (χ2n) is 13.5. The van der Waals surface area contributed by atoms with Crippen molar-refractivity contribution in [1.29, 1.82) is 0 Å². The standard InChI is InChI=1S/C39H75NO6/c1-7-12-24-34(25-13-8-2)38(42)44-32-22-18-16-20-28-36(46-37(41)30-31-40(6)11-5)29-21-17-19-23-33-45-39(43)35(26-14-9-3)27-15-10-4/h34-36H,7-33H2,1-6H3. The third-order valence-corrected chi connectivity index (χ3v) is 9.16. The Morgan fingerprint density at radius 3 is 1.28 bits per heavy atom. The first kappa shape index (κ1) is 44.4. The monoisotopic (exact) mass is 654 g/mol. The summed E-state index contributed by atoms with van der Waals surface area (Å²) in [5, 5.41) is 0. The van der Waals surface area contributed by atoms with Crippen molar-refractivity contribution >= 4 is 17.9 Å². The Morgan fingerprint density at radius 1 is 0.522 bits per heavy atom. The van der Waals surface area contributed by atoms with Crippen LogP contribution in [-0.4, -0.2) is 62.3 Å². The highest BCUT2D eigenvalue weighted by Gasteiger charge is 2.20. The molecule has 0 rings (SSSR count). The lowest BCUT2D eigenvalue weighted by Gasteiger charge is -2.19. The SMILES string of the molecule is CCCCC(CCCC)C(=O)OCCCCCCC(CCCCCCOC(=O)C(CCCC)CCCC)OC(=O)CCN(C)CC. The van der Waals surface area contributed by atoms with Crippen LogP contribution < -0.4 is 0 Å². The smallest absolute Gasteiger partial charge is 0.308 e. The maximum atomic E-state index is 12.6. The van der Waals surface area contributed by atoms with Crippen LogP contribution in [0, 0.1) is 11.8 Å². The van der Waals surface area contributed by atoms with Crippen molar-refractivity contribution in [3.05, 3.63) is 0 Å². The molecule has 0 heterocycles. The molecule has 7 heteroatoms. The zero-order valence-electron chi connectivity index (χ0n) is 31.2. The van der Waals surface area contributed by atoms with Gasteiger partial charge in [0.2, 0.25) is 0 Å². The van der Waals surface area contributed by atoms with Gasteiger partial charge in [0, 0.05) is 6.54 Å². The van der Waals surface area contributed by atoms with E-state index >= 15 is 0 Å². The van der Waals surface area contributed by atoms with E-state index in [1.54, 1.807) is 0 Å². The zero-order chi connectivity index (χ0) is 34.3. The summed E-state index contributed by atoms with van der Waals surface area (Å²) >= 11 is 0. The van der Waals surface area contributed by atoms with Gasteiger partial charge in [0.15, 0.2) is 0 Å². The van der Waals surface area contributed by atoms with Crippen LogP contribution >= 0.6 is 0 Å². The van der Waals surface area contributed by atoms with E-state index in [-0.39, 0.29) is 35.8 Å². The maximum Gasteiger partial charge on any atom is 0.308 e. The van der Waals surface area contributed by atoms with Crippen molar-refractivity contribution in [2.45, 2.75) is 188 Å². The number of carbonyl (C=O) groups excluding carboxylic acids is 3. The molecule has 0 aromatic heterocycles. The van der Waals surface area contributed by atoms with Gasteiger partial charge in [-0.2, -0.15) is 0 Å². The maximum absolute atomic E-state index is 12.6. The fourth-order valence-electron chi connectivity index (χ4n) is 5.75. The molecule has 272 valence electrons. The molecule has 0 aromatic rings. The van der Waals surface area contributed by atoms with Crippen molar-refractivity contribution in [2.24, 2.45) is 11.8 Å². The highest BCUT2D eigenvalue weighted by Crippen LogP contribution is 2.20. The first-order chi connectivity index (χ1) is 22.3. The Morgan fingerprint density at radius 2 is 0.913 bits per heavy atom. The third-order valence-electron chi connectivity index (χ3n) is 9.16. The molecular formula is C39H75NO6. The molecule has 0 aliphatic heterocycles. The Kier molecular flexibility index (Phi) is 30.8. The summed E-state index contributed by atoms with van der Waals surface area (Å²) in [6.07, 6.45) is 22.5. The van der Waals surface area contributed by atoms with Crippen molar-refractivity contribution in [3.63, 3.8) is 0 Å². The van der Waals surface area contributed by atoms with E-state index in [1.165, 1.54) is 0 Å². The lowest BCUT2D eigenvalue weighted by molar-refractivity contribution is -0.150. The predicted molar refractivity (Wildman–Crippen MR) is 191 cm³/mol. The van der Waals surface area contributed by atoms with E-state index in [2.05, 4.69) is 39.5 Å². The van der Waals surface area contributed by atoms with Gasteiger partial charge in [0.1, 0.15) is 6.10 Å². The van der Waals surface area contributed by atoms with Gasteiger partial charge in [-0.25, -0.2) is 0 Å². The molecule has 46 heavy (non-hydrogen) atoms. The molecular weight excluding hydrogens is 578 g/mol. The topological polar surface area (TPSA) is 82.1 Å². The molecule has 0 amide bonds. The molecule has 0 N–H and O–H groups in total. The largest absolute Gasteiger partial charge is 0.465 e. The molecule has 0 spiro atoms. The minimum absolute atomic E-state index is 0.0103. The van der Waals surface area contributed by atoms with Crippen LogP contribution in [0.15, 0.2) is 0 Å². The van der Waals surface area contributed by atoms with Crippen molar-refractivity contribution in [1.82, 2.24) is 4.90 Å². The van der Waals surface area contributed by atoms with Crippen LogP contribution in [0.4, 0.5) is 0 Å². The summed E-state index contributed by atoms with van der Waals surface area (Å²) in [7, 11) is 2.02. The van der Waals surface area contributed by atoms with Gasteiger partial charge in [-0.15, -0.1) is 0 Å². The van der Waals surface area contributed by atoms with E-state index in [0.29, 0.717) is 19.6 Å². The summed E-state index contributed by atoms with van der Waals surface area (Å²) < 4.78 is 17.2. The number of hydrogen-bond donors (Lipinski definition) is 0. The molecule has 0 radical (unpaired) electrons. The lowest BCUT2D eigenvalue weighted by atomic mass is 9.96. The average molecular weight is 654 g/mol. The number of nitrogens with zero attached hydrogens (tertiary/aromatic N) is 1. The van der Waals surface area contributed by atoms with E-state index in [9.17, 15) is 14.4 Å². The Bertz CT molecular complexity index is 667. The van der Waals surface area contributed by atoms with Crippen LogP contribution in [0.2, 0.25) is 0 Å². The zero-order valence-corrected chi connectivity index (χ0v) is 31.2. The first-order valence-electron chi connectivity index (χ1n) is 19.5. The summed E-state index contributed by atoms with van der Waals surface area (Å²) in [6, 6.07) is 0. The van der Waals surface area contributed by atoms with Crippen LogP contribution in [0.5, 0.6) is 0 Å². The fourth-order valence-corrected chi connectivity index (χ4v) is 5.75. The molecule has 0 saturated heterocycles. The van der Waals surface area contributed by atoms with Crippen LogP contribution in [0.25, 0.3) is 0 Å². The minimum Gasteiger partial charge on any atom is -0.465 e. The summed E-state index contributed by atoms with van der Waals surface area (Å²) in [5.41, 5.74) is 0. The highest BCUT2D eigenvalue weighted by atomic mass is 16.5. The van der Waals surface area contributed by atoms with Gasteiger partial charge >= 0.3 is 17.9 Å². The molecule has 7 nitrogen and oxygen atoms in total. The Balaban J connectivity index is 4.47. The molecule has 0 unspecified atom stereocenters. The van der Waals surface area contributed by atoms with Gasteiger partial charge in [-0.3, -0.25) is 14.4 Å². The first-order valence-corrected chi connectivity index (χ1v) is 19.5. The molecule has 0 aromatic carbocycles. The number of rotatable bonds is 33. The fraction of sp³-hybridized carbons (Fsp3) is 0.923. The van der Waals surface area contributed by atoms with Gasteiger partial charge < -0.3 is 19.1 Å². The van der Waals surface area contributed by atoms with Gasteiger partial charge in [0.05, 0.1) is 31.5 Å². The van der Waals surface area contributed by atoms with E-state index in [0.717, 1.165) is 154 Å². The summed E-state index contributed by atoms with van der Waals surface area (Å²) in [5.74, 6) is -0.0137. The molecule has 0 atom stereocenters. The molecule has 0 saturated carbocycles. The predicted octanol–water partition coefficient (Wildman–Crippen LogP) is 10.2. The van der Waals surface area contributed by atoms with E-state index in [4.69, 9.17) is 14.2 Å². The van der Waals surface area contributed by atoms with Gasteiger partial charge in [-0.05, 0) is 77.8 Å². The van der Waals surface area contributed by atoms with Gasteiger partial charge in [0.25, 0.3) is 0 Å². The van der Waals surface area contributed by atoms with Crippen molar-refractivity contribution in [3.8, 4) is 0 Å². The van der Waals surface area contributed by atoms with Gasteiger partial charge in [-0.1, -0.05) is 112 Å². The molecule has 0 aliphatic rings. The van der Waals surface area contributed by atoms with Crippen LogP contribution in [0.1, 0.15) is 182 Å².